The quantitative estimate of drug-likeness (QED) is 0.0198. The summed E-state index contributed by atoms with van der Waals surface area (Å²) in [6, 6.07) is 0. The molecule has 0 aliphatic rings. The Hall–Kier alpha value is -2.60. The lowest BCUT2D eigenvalue weighted by molar-refractivity contribution is -0.526. The van der Waals surface area contributed by atoms with E-state index in [2.05, 4.69) is 39.1 Å². The summed E-state index contributed by atoms with van der Waals surface area (Å²) < 4.78 is 419. The largest absolute Gasteiger partial charge is 0.559 e. The van der Waals surface area contributed by atoms with Gasteiger partial charge in [0.1, 0.15) is 15.2 Å². The van der Waals surface area contributed by atoms with Crippen LogP contribution in [0.15, 0.2) is 0 Å². The highest BCUT2D eigenvalue weighted by Gasteiger charge is 2.79. The van der Waals surface area contributed by atoms with E-state index in [0.29, 0.717) is 19.3 Å². The molecule has 1 amide bonds. The van der Waals surface area contributed by atoms with Crippen LogP contribution in [0.4, 0.5) is 154 Å². The van der Waals surface area contributed by atoms with Gasteiger partial charge >= 0.3 is 79.6 Å². The van der Waals surface area contributed by atoms with Gasteiger partial charge in [-0.2, -0.15) is 133 Å². The number of hydrogen-bond acceptors (Lipinski definition) is 13. The lowest BCUT2D eigenvalue weighted by Gasteiger charge is -2.34. The van der Waals surface area contributed by atoms with Gasteiger partial charge in [0.15, 0.2) is 20.4 Å². The molecule has 0 heterocycles. The van der Waals surface area contributed by atoms with Crippen LogP contribution in [0.1, 0.15) is 32.1 Å². The Kier molecular flexibility index (Phi) is 34.5. The first-order valence-corrected chi connectivity index (χ1v) is 17.7. The number of halogens is 35. The third-order valence-corrected chi connectivity index (χ3v) is 6.65. The van der Waals surface area contributed by atoms with Gasteiger partial charge in [0.25, 0.3) is 0 Å². The van der Waals surface area contributed by atoms with Crippen molar-refractivity contribution in [3.63, 3.8) is 0 Å². The summed E-state index contributed by atoms with van der Waals surface area (Å²) in [6.45, 7) is -8.14. The van der Waals surface area contributed by atoms with Crippen LogP contribution in [-0.4, -0.2) is 128 Å². The van der Waals surface area contributed by atoms with Crippen LogP contribution >= 0.6 is 18.3 Å². The van der Waals surface area contributed by atoms with Crippen molar-refractivity contribution < 1.29 is 217 Å². The lowest BCUT2D eigenvalue weighted by Crippen LogP contribution is -2.61. The van der Waals surface area contributed by atoms with Crippen molar-refractivity contribution >= 4 is 24.2 Å². The predicted octanol–water partition coefficient (Wildman–Crippen LogP) is 12.7. The monoisotopic (exact) mass is 1260 g/mol. The van der Waals surface area contributed by atoms with E-state index in [0.717, 1.165) is 0 Å². The number of carbonyl (C=O) groups is 1. The minimum atomic E-state index is -6.89. The van der Waals surface area contributed by atoms with Gasteiger partial charge < -0.3 is 15.2 Å². The van der Waals surface area contributed by atoms with Gasteiger partial charge in [0.05, 0.1) is 0 Å². The van der Waals surface area contributed by atoms with Crippen molar-refractivity contribution in [3.8, 4) is 0 Å². The maximum Gasteiger partial charge on any atom is 0.559 e. The summed E-state index contributed by atoms with van der Waals surface area (Å²) in [5, 5.41) is 27.5. The van der Waals surface area contributed by atoms with Crippen LogP contribution in [0.5, 0.6) is 0 Å². The Labute approximate surface area is 391 Å². The zero-order valence-corrected chi connectivity index (χ0v) is 36.2. The standard InChI is InChI=1S/C9H18F3NO8P2.C6H2F12O2.C4H2F8O2.C4H2F8O.CF4/c10-8(11,12)6-7(14)13-5-3-1-2-4-9(15,17-19-20-22)23-21-18-16;7-1-19-2(8,3(9,10)11)5(15,16)20-6(17,18)4(12,13)14;5-1-13-2(6,3(7,8)9)4(10,11)14-12;5-1-2(6,7)13-4(11,12)3(8,9)10;2-1(3,4)5/h15-16,23H,1-6,22H2,(H,13,14);1H2;1H2;1H2;. The molecule has 3 N–H and O–H groups in total. The van der Waals surface area contributed by atoms with Crippen molar-refractivity contribution in [2.45, 2.75) is 117 Å². The minimum absolute atomic E-state index is 0.0146. The summed E-state index contributed by atoms with van der Waals surface area (Å²) in [7, 11) is 0.842. The molecular weight excluding hydrogens is 1240 g/mol. The van der Waals surface area contributed by atoms with E-state index in [1.165, 1.54) is 4.94 Å². The molecule has 5 unspecified atom stereocenters. The molecule has 14 nitrogen and oxygen atoms in total. The second-order valence-electron chi connectivity index (χ2n) is 11.5. The molecular formula is C24H24F35NO13P2. The Morgan fingerprint density at radius 3 is 1.24 bits per heavy atom. The molecule has 0 aromatic heterocycles. The van der Waals surface area contributed by atoms with E-state index in [-0.39, 0.29) is 13.0 Å². The molecule has 75 heavy (non-hydrogen) atoms. The van der Waals surface area contributed by atoms with E-state index < -0.39 is 127 Å². The van der Waals surface area contributed by atoms with E-state index in [1.807, 2.05) is 4.74 Å². The second kappa shape index (κ2) is 31.9. The first-order chi connectivity index (χ1) is 32.9. The molecule has 458 valence electrons. The number of rotatable bonds is 25. The number of unbranched alkanes of at least 4 members (excludes halogenated alkanes) is 2. The molecule has 0 aliphatic heterocycles. The molecule has 5 atom stereocenters. The number of alkyl halides is 34. The molecule has 51 heteroatoms. The van der Waals surface area contributed by atoms with Crippen molar-refractivity contribution in [1.82, 2.24) is 5.32 Å². The van der Waals surface area contributed by atoms with Gasteiger partial charge in [-0.1, -0.05) is 16.5 Å². The molecule has 0 spiro atoms. The Morgan fingerprint density at radius 2 is 0.933 bits per heavy atom. The summed E-state index contributed by atoms with van der Waals surface area (Å²) >= 11 is 0. The Bertz CT molecular complexity index is 1540. The molecule has 0 bridgehead atoms. The smallest absolute Gasteiger partial charge is 0.358 e. The van der Waals surface area contributed by atoms with Crippen LogP contribution in [0, 0.1) is 0 Å². The maximum atomic E-state index is 12.8. The van der Waals surface area contributed by atoms with Gasteiger partial charge in [0.2, 0.25) is 11.4 Å². The SMILES string of the molecule is FC(F)(F)F.FCC(F)(F)OC(F)(F)C(F)(F)F.FCOC(F)(C(F)(F)F)C(F)(F)OC(F)(F)C(F)(F)F.FCOC(F)(C(F)(F)F)C(F)(F)OF.O=C(CC(F)(F)F)NCCCCCC(O)(OOOP)POOO. The minimum Gasteiger partial charge on any atom is -0.358 e. The fourth-order valence-electron chi connectivity index (χ4n) is 2.83. The number of aliphatic hydroxyl groups is 1. The Balaban J connectivity index is -0.000000288. The van der Waals surface area contributed by atoms with Gasteiger partial charge in [0, 0.05) is 22.4 Å². The number of ether oxygens (including phenoxy) is 4. The topological polar surface area (TPSA) is 162 Å². The van der Waals surface area contributed by atoms with Crippen LogP contribution in [0.25, 0.3) is 0 Å². The van der Waals surface area contributed by atoms with Gasteiger partial charge in [-0.3, -0.25) is 9.53 Å². The summed E-state index contributed by atoms with van der Waals surface area (Å²) in [4.78, 5) is 16.9. The fraction of sp³-hybridized carbons (Fsp3) is 0.958. The highest BCUT2D eigenvalue weighted by molar-refractivity contribution is 7.33. The number of carbonyl (C=O) groups excluding carboxylic acids is 1. The van der Waals surface area contributed by atoms with Crippen LogP contribution in [0.2, 0.25) is 0 Å². The number of hydrogen-bond donors (Lipinski definition) is 3. The second-order valence-corrected chi connectivity index (χ2v) is 12.8. The van der Waals surface area contributed by atoms with E-state index in [4.69, 9.17) is 5.26 Å². The van der Waals surface area contributed by atoms with Gasteiger partial charge in [-0.05, 0) is 17.4 Å². The van der Waals surface area contributed by atoms with Crippen molar-refractivity contribution in [2.24, 2.45) is 0 Å². The van der Waals surface area contributed by atoms with Gasteiger partial charge in [-0.25, -0.2) is 27.9 Å². The van der Waals surface area contributed by atoms with Crippen LogP contribution in [-0.2, 0) is 53.0 Å². The van der Waals surface area contributed by atoms with E-state index in [9.17, 15) is 164 Å². The summed E-state index contributed by atoms with van der Waals surface area (Å²) in [5.41, 5.74) is -1.95. The maximum absolute atomic E-state index is 12.8. The lowest BCUT2D eigenvalue weighted by atomic mass is 10.2. The summed E-state index contributed by atoms with van der Waals surface area (Å²) in [6.07, 6.45) is -67.7. The van der Waals surface area contributed by atoms with Gasteiger partial charge in [-0.15, -0.1) is 22.5 Å². The highest BCUT2D eigenvalue weighted by atomic mass is 31.1. The highest BCUT2D eigenvalue weighted by Crippen LogP contribution is 2.51. The third-order valence-electron chi connectivity index (χ3n) is 5.76. The molecule has 0 saturated heterocycles. The molecule has 0 radical (unpaired) electrons. The molecule has 0 aliphatic carbocycles. The normalized spacial score (nSPS) is 16.1. The first kappa shape index (κ1) is 81.2. The molecule has 0 aromatic carbocycles. The molecule has 0 fully saturated rings. The molecule has 0 aromatic rings. The number of amides is 1. The summed E-state index contributed by atoms with van der Waals surface area (Å²) in [5.74, 6) is -13.5. The van der Waals surface area contributed by atoms with E-state index in [1.54, 1.807) is 14.2 Å². The van der Waals surface area contributed by atoms with Crippen LogP contribution < -0.4 is 5.32 Å². The van der Waals surface area contributed by atoms with Crippen LogP contribution in [0.3, 0.4) is 0 Å². The first-order valence-electron chi connectivity index (χ1n) is 16.3. The Morgan fingerprint density at radius 1 is 0.547 bits per heavy atom. The average Bonchev–Trinajstić information content (AvgIpc) is 3.17. The number of nitrogens with one attached hydrogen (secondary N) is 1. The fourth-order valence-corrected chi connectivity index (χ4v) is 3.38. The van der Waals surface area contributed by atoms with Crippen molar-refractivity contribution in [1.29, 1.82) is 0 Å². The van der Waals surface area contributed by atoms with Crippen molar-refractivity contribution in [2.75, 3.05) is 26.9 Å². The zero-order valence-electron chi connectivity index (χ0n) is 34.1. The van der Waals surface area contributed by atoms with Crippen molar-refractivity contribution in [3.05, 3.63) is 0 Å². The third kappa shape index (κ3) is 32.8. The molecule has 0 rings (SSSR count). The zero-order chi connectivity index (χ0) is 61.4. The predicted molar refractivity (Wildman–Crippen MR) is 161 cm³/mol. The molecule has 0 saturated carbocycles. The average molecular weight is 1260 g/mol. The van der Waals surface area contributed by atoms with E-state index >= 15 is 0 Å².